The number of aliphatic hydroxyl groups is 1. The lowest BCUT2D eigenvalue weighted by Crippen LogP contribution is -2.34. The Kier molecular flexibility index (Phi) is 7.26. The minimum Gasteiger partial charge on any atom is -0.384 e. The fraction of sp³-hybridized carbons (Fsp3) is 0.467. The van der Waals surface area contributed by atoms with Crippen LogP contribution in [0.15, 0.2) is 23.1 Å². The van der Waals surface area contributed by atoms with Crippen LogP contribution in [0.4, 0.5) is 0 Å². The number of aryl methyl sites for hydroxylation is 1. The maximum absolute atomic E-state index is 12.3. The minimum absolute atomic E-state index is 0.117. The number of nitrogens with one attached hydrogen (secondary N) is 1. The summed E-state index contributed by atoms with van der Waals surface area (Å²) in [5.74, 6) is 7.05. The highest BCUT2D eigenvalue weighted by Crippen LogP contribution is 2.15. The summed E-state index contributed by atoms with van der Waals surface area (Å²) < 4.78 is 27.2. The van der Waals surface area contributed by atoms with Gasteiger partial charge in [0.05, 0.1) is 4.90 Å². The van der Waals surface area contributed by atoms with Crippen molar-refractivity contribution in [1.29, 1.82) is 0 Å². The molecule has 6 heteroatoms. The van der Waals surface area contributed by atoms with Crippen LogP contribution in [0.3, 0.4) is 0 Å². The standard InChI is InChI=1S/C15H21NO3S2/c1-4-20-11-13(3)16-21(18,19)15-8-7-14(6-5-9-17)12(2)10-15/h7-8,10,13,16-17H,4,9,11H2,1-3H3. The molecule has 0 aliphatic rings. The monoisotopic (exact) mass is 327 g/mol. The second-order valence-corrected chi connectivity index (χ2v) is 7.65. The van der Waals surface area contributed by atoms with Gasteiger partial charge in [0.1, 0.15) is 6.61 Å². The van der Waals surface area contributed by atoms with Crippen LogP contribution in [0.1, 0.15) is 25.0 Å². The van der Waals surface area contributed by atoms with Crippen molar-refractivity contribution in [3.05, 3.63) is 29.3 Å². The third kappa shape index (κ3) is 5.71. The zero-order valence-corrected chi connectivity index (χ0v) is 14.1. The smallest absolute Gasteiger partial charge is 0.240 e. The number of rotatable bonds is 6. The van der Waals surface area contributed by atoms with Crippen molar-refractivity contribution >= 4 is 21.8 Å². The normalized spacial score (nSPS) is 12.6. The number of hydrogen-bond acceptors (Lipinski definition) is 4. The van der Waals surface area contributed by atoms with Crippen molar-refractivity contribution in [2.45, 2.75) is 31.7 Å². The molecule has 0 fully saturated rings. The maximum Gasteiger partial charge on any atom is 0.240 e. The van der Waals surface area contributed by atoms with E-state index < -0.39 is 10.0 Å². The quantitative estimate of drug-likeness (QED) is 0.781. The van der Waals surface area contributed by atoms with E-state index in [2.05, 4.69) is 16.6 Å². The Bertz CT molecular complexity index is 630. The molecule has 2 N–H and O–H groups in total. The van der Waals surface area contributed by atoms with Crippen LogP contribution < -0.4 is 4.72 Å². The van der Waals surface area contributed by atoms with E-state index in [0.717, 1.165) is 22.6 Å². The molecule has 0 heterocycles. The summed E-state index contributed by atoms with van der Waals surface area (Å²) >= 11 is 1.70. The first-order valence-electron chi connectivity index (χ1n) is 6.71. The SMILES string of the molecule is CCSCC(C)NS(=O)(=O)c1ccc(C#CCO)c(C)c1. The molecule has 1 atom stereocenters. The fourth-order valence-corrected chi connectivity index (χ4v) is 3.85. The first-order valence-corrected chi connectivity index (χ1v) is 9.35. The largest absolute Gasteiger partial charge is 0.384 e. The van der Waals surface area contributed by atoms with Gasteiger partial charge in [-0.25, -0.2) is 13.1 Å². The summed E-state index contributed by atoms with van der Waals surface area (Å²) in [4.78, 5) is 0.239. The first-order chi connectivity index (χ1) is 9.90. The summed E-state index contributed by atoms with van der Waals surface area (Å²) in [6.07, 6.45) is 0. The van der Waals surface area contributed by atoms with E-state index >= 15 is 0 Å². The summed E-state index contributed by atoms with van der Waals surface area (Å²) in [5.41, 5.74) is 1.49. The Hall–Kier alpha value is -1.00. The van der Waals surface area contributed by atoms with Gasteiger partial charge in [-0.3, -0.25) is 0 Å². The van der Waals surface area contributed by atoms with Gasteiger partial charge in [-0.2, -0.15) is 11.8 Å². The van der Waals surface area contributed by atoms with Gasteiger partial charge in [-0.15, -0.1) is 0 Å². The molecule has 0 aliphatic carbocycles. The molecule has 0 amide bonds. The van der Waals surface area contributed by atoms with E-state index in [1.54, 1.807) is 30.8 Å². The van der Waals surface area contributed by atoms with Crippen LogP contribution in [0.2, 0.25) is 0 Å². The van der Waals surface area contributed by atoms with Gasteiger partial charge in [0.25, 0.3) is 0 Å². The number of aliphatic hydroxyl groups excluding tert-OH is 1. The number of sulfonamides is 1. The van der Waals surface area contributed by atoms with Gasteiger partial charge in [0.15, 0.2) is 0 Å². The summed E-state index contributed by atoms with van der Waals surface area (Å²) in [6, 6.07) is 4.69. The molecular formula is C15H21NO3S2. The minimum atomic E-state index is -3.51. The molecule has 1 aromatic rings. The zero-order chi connectivity index (χ0) is 15.9. The molecule has 0 radical (unpaired) electrons. The second-order valence-electron chi connectivity index (χ2n) is 4.62. The van der Waals surface area contributed by atoms with E-state index in [1.165, 1.54) is 6.07 Å². The molecule has 0 aromatic heterocycles. The average molecular weight is 327 g/mol. The van der Waals surface area contributed by atoms with Gasteiger partial charge in [-0.05, 0) is 43.4 Å². The lowest BCUT2D eigenvalue weighted by molar-refractivity contribution is 0.350. The predicted octanol–water partition coefficient (Wildman–Crippen LogP) is 1.76. The van der Waals surface area contributed by atoms with Crippen molar-refractivity contribution in [1.82, 2.24) is 4.72 Å². The highest BCUT2D eigenvalue weighted by molar-refractivity contribution is 7.99. The zero-order valence-electron chi connectivity index (χ0n) is 12.5. The molecule has 0 bridgehead atoms. The number of thioether (sulfide) groups is 1. The summed E-state index contributed by atoms with van der Waals surface area (Å²) in [7, 11) is -3.51. The molecule has 4 nitrogen and oxygen atoms in total. The number of hydrogen-bond donors (Lipinski definition) is 2. The number of benzene rings is 1. The average Bonchev–Trinajstić information content (AvgIpc) is 2.43. The third-order valence-electron chi connectivity index (χ3n) is 2.74. The van der Waals surface area contributed by atoms with Gasteiger partial charge in [-0.1, -0.05) is 18.8 Å². The van der Waals surface area contributed by atoms with E-state index in [1.807, 2.05) is 13.8 Å². The van der Waals surface area contributed by atoms with Crippen LogP contribution >= 0.6 is 11.8 Å². The predicted molar refractivity (Wildman–Crippen MR) is 87.9 cm³/mol. The Morgan fingerprint density at radius 3 is 2.71 bits per heavy atom. The molecule has 0 saturated heterocycles. The van der Waals surface area contributed by atoms with Gasteiger partial charge in [0, 0.05) is 17.4 Å². The molecule has 1 rings (SSSR count). The molecule has 1 aromatic carbocycles. The third-order valence-corrected chi connectivity index (χ3v) is 5.47. The summed E-state index contributed by atoms with van der Waals surface area (Å²) in [5, 5.41) is 8.69. The topological polar surface area (TPSA) is 66.4 Å². The van der Waals surface area contributed by atoms with Gasteiger partial charge in [0.2, 0.25) is 10.0 Å². The highest BCUT2D eigenvalue weighted by Gasteiger charge is 2.17. The molecule has 116 valence electrons. The Morgan fingerprint density at radius 2 is 2.14 bits per heavy atom. The van der Waals surface area contributed by atoms with Crippen LogP contribution in [0.5, 0.6) is 0 Å². The van der Waals surface area contributed by atoms with Crippen molar-refractivity contribution in [3.63, 3.8) is 0 Å². The van der Waals surface area contributed by atoms with Gasteiger partial charge < -0.3 is 5.11 Å². The van der Waals surface area contributed by atoms with E-state index in [0.29, 0.717) is 0 Å². The maximum atomic E-state index is 12.3. The Labute approximate surface area is 131 Å². The van der Waals surface area contributed by atoms with Crippen molar-refractivity contribution < 1.29 is 13.5 Å². The van der Waals surface area contributed by atoms with E-state index in [9.17, 15) is 8.42 Å². The second kappa shape index (κ2) is 8.44. The lowest BCUT2D eigenvalue weighted by Gasteiger charge is -2.14. The van der Waals surface area contributed by atoms with Crippen LogP contribution in [0, 0.1) is 18.8 Å². The van der Waals surface area contributed by atoms with E-state index in [-0.39, 0.29) is 17.5 Å². The molecule has 21 heavy (non-hydrogen) atoms. The molecule has 0 aliphatic heterocycles. The first kappa shape index (κ1) is 18.1. The van der Waals surface area contributed by atoms with Crippen LogP contribution in [-0.4, -0.2) is 37.7 Å². The van der Waals surface area contributed by atoms with Crippen molar-refractivity contribution in [2.75, 3.05) is 18.1 Å². The van der Waals surface area contributed by atoms with Gasteiger partial charge >= 0.3 is 0 Å². The Balaban J connectivity index is 2.91. The molecular weight excluding hydrogens is 306 g/mol. The van der Waals surface area contributed by atoms with Crippen LogP contribution in [0.25, 0.3) is 0 Å². The fourth-order valence-electron chi connectivity index (χ4n) is 1.74. The molecule has 0 saturated carbocycles. The Morgan fingerprint density at radius 1 is 1.43 bits per heavy atom. The highest BCUT2D eigenvalue weighted by atomic mass is 32.2. The summed E-state index contributed by atoms with van der Waals surface area (Å²) in [6.45, 7) is 5.49. The molecule has 0 spiro atoms. The van der Waals surface area contributed by atoms with Crippen molar-refractivity contribution in [2.24, 2.45) is 0 Å². The van der Waals surface area contributed by atoms with Crippen molar-refractivity contribution in [3.8, 4) is 11.8 Å². The molecule has 1 unspecified atom stereocenters. The van der Waals surface area contributed by atoms with E-state index in [4.69, 9.17) is 5.11 Å². The lowest BCUT2D eigenvalue weighted by atomic mass is 10.1. The van der Waals surface area contributed by atoms with Crippen LogP contribution in [-0.2, 0) is 10.0 Å².